The van der Waals surface area contributed by atoms with Crippen molar-refractivity contribution in [3.63, 3.8) is 0 Å². The van der Waals surface area contributed by atoms with E-state index in [-0.39, 0.29) is 24.2 Å². The first-order valence-electron chi connectivity index (χ1n) is 10.3. The average Bonchev–Trinajstić information content (AvgIpc) is 3.06. The van der Waals surface area contributed by atoms with E-state index < -0.39 is 6.10 Å². The molecule has 4 rings (SSSR count). The predicted molar refractivity (Wildman–Crippen MR) is 106 cm³/mol. The third-order valence-electron chi connectivity index (χ3n) is 6.30. The van der Waals surface area contributed by atoms with E-state index >= 15 is 0 Å². The maximum atomic E-state index is 13.0. The van der Waals surface area contributed by atoms with Gasteiger partial charge in [-0.1, -0.05) is 12.1 Å². The lowest BCUT2D eigenvalue weighted by Gasteiger charge is -2.39. The fraction of sp³-hybridized carbons (Fsp3) is 0.619. The molecule has 1 N–H and O–H groups in total. The molecule has 0 radical (unpaired) electrons. The van der Waals surface area contributed by atoms with Crippen molar-refractivity contribution in [3.8, 4) is 0 Å². The van der Waals surface area contributed by atoms with Gasteiger partial charge < -0.3 is 9.84 Å². The van der Waals surface area contributed by atoms with Gasteiger partial charge in [0.1, 0.15) is 11.6 Å². The molecule has 29 heavy (non-hydrogen) atoms. The first-order chi connectivity index (χ1) is 13.9. The Bertz CT molecular complexity index is 880. The number of hydrogen-bond acceptors (Lipinski definition) is 5. The number of rotatable bonds is 7. The fourth-order valence-electron chi connectivity index (χ4n) is 4.67. The third-order valence-corrected chi connectivity index (χ3v) is 6.30. The lowest BCUT2D eigenvalue weighted by atomic mass is 9.99. The number of aliphatic hydroxyl groups excluding tert-OH is 1. The lowest BCUT2D eigenvalue weighted by molar-refractivity contribution is -0.0402. The molecular weight excluding hydrogens is 375 g/mol. The standard InChI is InChI=1S/C21H29FN4O3/c1-14-23-26(21(28)24(14)2)12-19(27)11-25-17-7-8-18(25)10-20(9-17)29-13-15-3-5-16(22)6-4-15/h3-6,17-20,27H,7-13H2,1-2H3/t17?,18?,19-,20?/m0/s1. The third kappa shape index (κ3) is 4.44. The molecule has 3 heterocycles. The molecule has 2 bridgehead atoms. The SMILES string of the molecule is Cc1nn(C[C@@H](O)CN2C3CCC2CC(OCc2ccc(F)cc2)C3)c(=O)n1C. The highest BCUT2D eigenvalue weighted by Gasteiger charge is 2.41. The van der Waals surface area contributed by atoms with E-state index in [9.17, 15) is 14.3 Å². The summed E-state index contributed by atoms with van der Waals surface area (Å²) in [6.45, 7) is 3.03. The van der Waals surface area contributed by atoms with Crippen LogP contribution in [0.15, 0.2) is 29.1 Å². The number of piperidine rings is 1. The van der Waals surface area contributed by atoms with Gasteiger partial charge in [-0.05, 0) is 50.3 Å². The lowest BCUT2D eigenvalue weighted by Crippen LogP contribution is -2.49. The quantitative estimate of drug-likeness (QED) is 0.759. The van der Waals surface area contributed by atoms with Crippen molar-refractivity contribution in [2.45, 2.75) is 70.1 Å². The number of halogens is 1. The number of fused-ring (bicyclic) bond motifs is 2. The molecule has 0 spiro atoms. The number of aliphatic hydroxyl groups is 1. The molecule has 2 unspecified atom stereocenters. The number of benzene rings is 1. The number of nitrogens with zero attached hydrogens (tertiary/aromatic N) is 4. The number of ether oxygens (including phenoxy) is 1. The van der Waals surface area contributed by atoms with E-state index in [0.29, 0.717) is 31.1 Å². The normalized spacial score (nSPS) is 25.4. The molecule has 7 nitrogen and oxygen atoms in total. The second kappa shape index (κ2) is 8.38. The summed E-state index contributed by atoms with van der Waals surface area (Å²) in [7, 11) is 1.69. The van der Waals surface area contributed by atoms with Crippen molar-refractivity contribution in [2.24, 2.45) is 7.05 Å². The van der Waals surface area contributed by atoms with Gasteiger partial charge in [0.25, 0.3) is 0 Å². The van der Waals surface area contributed by atoms with Crippen molar-refractivity contribution >= 4 is 0 Å². The van der Waals surface area contributed by atoms with Crippen LogP contribution in [0.4, 0.5) is 4.39 Å². The average molecular weight is 404 g/mol. The molecule has 2 aliphatic heterocycles. The van der Waals surface area contributed by atoms with Gasteiger partial charge in [0.2, 0.25) is 0 Å². The summed E-state index contributed by atoms with van der Waals surface area (Å²) in [5, 5.41) is 14.8. The molecule has 2 aromatic rings. The summed E-state index contributed by atoms with van der Waals surface area (Å²) in [4.78, 5) is 14.5. The molecule has 0 saturated carbocycles. The van der Waals surface area contributed by atoms with Crippen molar-refractivity contribution < 1.29 is 14.2 Å². The second-order valence-electron chi connectivity index (χ2n) is 8.34. The minimum Gasteiger partial charge on any atom is -0.390 e. The number of aromatic nitrogens is 3. The van der Waals surface area contributed by atoms with E-state index in [1.54, 1.807) is 26.1 Å². The first kappa shape index (κ1) is 20.3. The maximum absolute atomic E-state index is 13.0. The van der Waals surface area contributed by atoms with E-state index in [2.05, 4.69) is 10.00 Å². The molecule has 2 fully saturated rings. The van der Waals surface area contributed by atoms with Crippen LogP contribution in [-0.4, -0.2) is 55.2 Å². The van der Waals surface area contributed by atoms with Crippen LogP contribution in [0.5, 0.6) is 0 Å². The van der Waals surface area contributed by atoms with Crippen LogP contribution in [0, 0.1) is 12.7 Å². The van der Waals surface area contributed by atoms with Gasteiger partial charge >= 0.3 is 5.69 Å². The van der Waals surface area contributed by atoms with Gasteiger partial charge in [0.05, 0.1) is 25.4 Å². The summed E-state index contributed by atoms with van der Waals surface area (Å²) in [5.41, 5.74) is 0.783. The molecule has 3 atom stereocenters. The Morgan fingerprint density at radius 3 is 2.45 bits per heavy atom. The zero-order valence-corrected chi connectivity index (χ0v) is 17.0. The first-order valence-corrected chi connectivity index (χ1v) is 10.3. The predicted octanol–water partition coefficient (Wildman–Crippen LogP) is 1.60. The van der Waals surface area contributed by atoms with E-state index in [4.69, 9.17) is 4.74 Å². The van der Waals surface area contributed by atoms with Crippen LogP contribution in [0.3, 0.4) is 0 Å². The van der Waals surface area contributed by atoms with Gasteiger partial charge in [-0.25, -0.2) is 13.9 Å². The maximum Gasteiger partial charge on any atom is 0.345 e. The molecule has 8 heteroatoms. The summed E-state index contributed by atoms with van der Waals surface area (Å²) in [6.07, 6.45) is 3.64. The Kier molecular flexibility index (Phi) is 5.85. The summed E-state index contributed by atoms with van der Waals surface area (Å²) >= 11 is 0. The van der Waals surface area contributed by atoms with Crippen molar-refractivity contribution in [1.29, 1.82) is 0 Å². The number of aryl methyl sites for hydroxylation is 1. The van der Waals surface area contributed by atoms with E-state index in [1.165, 1.54) is 21.4 Å². The molecule has 2 aliphatic rings. The smallest absolute Gasteiger partial charge is 0.345 e. The van der Waals surface area contributed by atoms with Crippen molar-refractivity contribution in [2.75, 3.05) is 6.54 Å². The van der Waals surface area contributed by atoms with Gasteiger partial charge in [-0.3, -0.25) is 9.47 Å². The van der Waals surface area contributed by atoms with Gasteiger partial charge in [-0.15, -0.1) is 0 Å². The Morgan fingerprint density at radius 1 is 1.21 bits per heavy atom. The van der Waals surface area contributed by atoms with Gasteiger partial charge in [-0.2, -0.15) is 5.10 Å². The van der Waals surface area contributed by atoms with Crippen molar-refractivity contribution in [3.05, 3.63) is 52.0 Å². The second-order valence-corrected chi connectivity index (χ2v) is 8.34. The van der Waals surface area contributed by atoms with E-state index in [0.717, 1.165) is 31.2 Å². The van der Waals surface area contributed by atoms with Crippen molar-refractivity contribution in [1.82, 2.24) is 19.2 Å². The summed E-state index contributed by atoms with van der Waals surface area (Å²) in [6, 6.07) is 7.22. The highest BCUT2D eigenvalue weighted by atomic mass is 19.1. The minimum atomic E-state index is -0.637. The Morgan fingerprint density at radius 2 is 1.86 bits per heavy atom. The van der Waals surface area contributed by atoms with Crippen LogP contribution in [-0.2, 0) is 24.9 Å². The fourth-order valence-corrected chi connectivity index (χ4v) is 4.67. The zero-order chi connectivity index (χ0) is 20.5. The van der Waals surface area contributed by atoms with Crippen LogP contribution in [0.25, 0.3) is 0 Å². The molecule has 158 valence electrons. The largest absolute Gasteiger partial charge is 0.390 e. The molecule has 1 aromatic carbocycles. The Balaban J connectivity index is 1.30. The van der Waals surface area contributed by atoms with E-state index in [1.807, 2.05) is 0 Å². The Labute approximate surface area is 169 Å². The molecule has 2 saturated heterocycles. The molecular formula is C21H29FN4O3. The van der Waals surface area contributed by atoms with Crippen LogP contribution in [0.2, 0.25) is 0 Å². The monoisotopic (exact) mass is 404 g/mol. The zero-order valence-electron chi connectivity index (χ0n) is 17.0. The number of hydrogen-bond donors (Lipinski definition) is 1. The van der Waals surface area contributed by atoms with Gasteiger partial charge in [0, 0.05) is 25.7 Å². The summed E-state index contributed by atoms with van der Waals surface area (Å²) in [5.74, 6) is 0.406. The molecule has 1 aromatic heterocycles. The van der Waals surface area contributed by atoms with Crippen LogP contribution < -0.4 is 5.69 Å². The molecule has 0 aliphatic carbocycles. The summed E-state index contributed by atoms with van der Waals surface area (Å²) < 4.78 is 22.0. The highest BCUT2D eigenvalue weighted by molar-refractivity contribution is 5.15. The van der Waals surface area contributed by atoms with Gasteiger partial charge in [0.15, 0.2) is 0 Å². The topological polar surface area (TPSA) is 72.5 Å². The van der Waals surface area contributed by atoms with Crippen LogP contribution >= 0.6 is 0 Å². The highest BCUT2D eigenvalue weighted by Crippen LogP contribution is 2.37. The Hall–Kier alpha value is -2.03. The van der Waals surface area contributed by atoms with Crippen LogP contribution in [0.1, 0.15) is 37.1 Å². The minimum absolute atomic E-state index is 0.187. The molecule has 0 amide bonds.